The normalized spacial score (nSPS) is 24.5. The van der Waals surface area contributed by atoms with E-state index in [4.69, 9.17) is 10.5 Å². The number of aliphatic imine (C=N–C) groups is 1. The second-order valence-electron chi connectivity index (χ2n) is 5.78. The van der Waals surface area contributed by atoms with E-state index in [1.807, 2.05) is 12.1 Å². The van der Waals surface area contributed by atoms with Crippen molar-refractivity contribution in [2.24, 2.45) is 20.7 Å². The van der Waals surface area contributed by atoms with E-state index in [-0.39, 0.29) is 5.54 Å². The van der Waals surface area contributed by atoms with Gasteiger partial charge in [-0.1, -0.05) is 19.3 Å². The number of primary amides is 1. The van der Waals surface area contributed by atoms with Gasteiger partial charge in [-0.15, -0.1) is 0 Å². The van der Waals surface area contributed by atoms with Gasteiger partial charge >= 0.3 is 0 Å². The lowest BCUT2D eigenvalue weighted by molar-refractivity contribution is -0.123. The van der Waals surface area contributed by atoms with E-state index in [9.17, 15) is 4.79 Å². The van der Waals surface area contributed by atoms with Crippen LogP contribution in [-0.2, 0) is 10.3 Å². The first-order valence-electron chi connectivity index (χ1n) is 7.28. The number of ether oxygens (including phenoxy) is 1. The summed E-state index contributed by atoms with van der Waals surface area (Å²) in [4.78, 5) is 24.6. The lowest BCUT2D eigenvalue weighted by Crippen LogP contribution is -2.37. The monoisotopic (exact) mass is 284 g/mol. The van der Waals surface area contributed by atoms with E-state index in [1.165, 1.54) is 6.42 Å². The summed E-state index contributed by atoms with van der Waals surface area (Å²) >= 11 is 0. The van der Waals surface area contributed by atoms with Gasteiger partial charge in [0.25, 0.3) is 12.1 Å². The second kappa shape index (κ2) is 4.38. The Kier molecular flexibility index (Phi) is 2.60. The molecule has 0 aromatic heterocycles. The van der Waals surface area contributed by atoms with Crippen LogP contribution in [0.2, 0.25) is 0 Å². The van der Waals surface area contributed by atoms with Crippen molar-refractivity contribution in [3.05, 3.63) is 28.4 Å². The first-order chi connectivity index (χ1) is 10.2. The summed E-state index contributed by atoms with van der Waals surface area (Å²) in [5.74, 6) is 0.0627. The van der Waals surface area contributed by atoms with E-state index in [0.717, 1.165) is 36.6 Å². The maximum Gasteiger partial charge on any atom is 0.281 e. The smallest absolute Gasteiger partial charge is 0.281 e. The topological polar surface area (TPSA) is 89.4 Å². The van der Waals surface area contributed by atoms with Gasteiger partial charge in [-0.25, -0.2) is 9.98 Å². The molecule has 2 aliphatic heterocycles. The number of nitrogens with zero attached hydrogens (tertiary/aromatic N) is 3. The molecule has 3 aliphatic rings. The van der Waals surface area contributed by atoms with Gasteiger partial charge < -0.3 is 10.5 Å². The number of hydrogen-bond acceptors (Lipinski definition) is 5. The predicted octanol–water partition coefficient (Wildman–Crippen LogP) is 0.331. The van der Waals surface area contributed by atoms with Crippen molar-refractivity contribution in [3.8, 4) is 5.75 Å². The molecule has 108 valence electrons. The molecule has 1 saturated carbocycles. The summed E-state index contributed by atoms with van der Waals surface area (Å²) in [5, 5.41) is 1.54. The lowest BCUT2D eigenvalue weighted by Gasteiger charge is -2.35. The summed E-state index contributed by atoms with van der Waals surface area (Å²) in [6.45, 7) is 0. The molecule has 1 fully saturated rings. The average Bonchev–Trinajstić information content (AvgIpc) is 2.92. The Morgan fingerprint density at radius 2 is 2.00 bits per heavy atom. The predicted molar refractivity (Wildman–Crippen MR) is 75.6 cm³/mol. The largest absolute Gasteiger partial charge is 0.456 e. The van der Waals surface area contributed by atoms with Crippen LogP contribution in [0, 0.1) is 0 Å². The SMILES string of the molecule is NC(=O)C1N=c2ccc3c(c2O1)C1(CCCCC1)N=CN=3. The summed E-state index contributed by atoms with van der Waals surface area (Å²) < 4.78 is 5.72. The van der Waals surface area contributed by atoms with Crippen LogP contribution in [0.5, 0.6) is 5.75 Å². The molecule has 1 amide bonds. The first kappa shape index (κ1) is 12.5. The van der Waals surface area contributed by atoms with Crippen LogP contribution in [0.3, 0.4) is 0 Å². The number of hydrogen-bond donors (Lipinski definition) is 1. The number of benzene rings is 1. The summed E-state index contributed by atoms with van der Waals surface area (Å²) in [6.07, 6.45) is 6.18. The van der Waals surface area contributed by atoms with Gasteiger partial charge in [0.05, 0.1) is 10.9 Å². The fourth-order valence-electron chi connectivity index (χ4n) is 3.51. The van der Waals surface area contributed by atoms with Crippen molar-refractivity contribution < 1.29 is 9.53 Å². The molecule has 4 rings (SSSR count). The fourth-order valence-corrected chi connectivity index (χ4v) is 3.51. The van der Waals surface area contributed by atoms with Gasteiger partial charge in [0.1, 0.15) is 11.7 Å². The highest BCUT2D eigenvalue weighted by molar-refractivity contribution is 5.79. The van der Waals surface area contributed by atoms with Crippen LogP contribution < -0.4 is 21.2 Å². The average molecular weight is 284 g/mol. The molecular weight excluding hydrogens is 268 g/mol. The number of nitrogens with two attached hydrogens (primary N) is 1. The zero-order valence-electron chi connectivity index (χ0n) is 11.6. The van der Waals surface area contributed by atoms with Crippen LogP contribution in [0.25, 0.3) is 0 Å². The maximum atomic E-state index is 11.4. The molecule has 0 saturated heterocycles. The van der Waals surface area contributed by atoms with Gasteiger partial charge in [0.15, 0.2) is 5.75 Å². The quantitative estimate of drug-likeness (QED) is 0.805. The van der Waals surface area contributed by atoms with Crippen molar-refractivity contribution in [3.63, 3.8) is 0 Å². The van der Waals surface area contributed by atoms with Gasteiger partial charge in [-0.05, 0) is 25.0 Å². The molecule has 1 atom stereocenters. The van der Waals surface area contributed by atoms with Crippen molar-refractivity contribution in [1.29, 1.82) is 0 Å². The van der Waals surface area contributed by atoms with Gasteiger partial charge in [0, 0.05) is 5.56 Å². The van der Waals surface area contributed by atoms with E-state index < -0.39 is 12.1 Å². The zero-order valence-corrected chi connectivity index (χ0v) is 11.6. The Bertz CT molecular complexity index is 763. The van der Waals surface area contributed by atoms with Crippen LogP contribution >= 0.6 is 0 Å². The third kappa shape index (κ3) is 1.78. The van der Waals surface area contributed by atoms with Crippen LogP contribution in [0.1, 0.15) is 37.7 Å². The van der Waals surface area contributed by atoms with Crippen molar-refractivity contribution in [2.75, 3.05) is 0 Å². The molecule has 2 heterocycles. The Balaban J connectivity index is 1.91. The Hall–Kier alpha value is -2.24. The van der Waals surface area contributed by atoms with E-state index in [0.29, 0.717) is 11.1 Å². The summed E-state index contributed by atoms with van der Waals surface area (Å²) in [7, 11) is 0. The number of rotatable bonds is 1. The van der Waals surface area contributed by atoms with Crippen LogP contribution in [0.4, 0.5) is 0 Å². The molecular formula is C15H16N4O2. The van der Waals surface area contributed by atoms with Crippen LogP contribution in [0.15, 0.2) is 27.1 Å². The number of carbonyl (C=O) groups is 1. The van der Waals surface area contributed by atoms with Crippen molar-refractivity contribution >= 4 is 12.2 Å². The van der Waals surface area contributed by atoms with E-state index in [2.05, 4.69) is 15.0 Å². The summed E-state index contributed by atoms with van der Waals surface area (Å²) in [5.41, 5.74) is 6.02. The molecule has 0 radical (unpaired) electrons. The number of amides is 1. The van der Waals surface area contributed by atoms with E-state index >= 15 is 0 Å². The third-order valence-corrected chi connectivity index (χ3v) is 4.49. The fraction of sp³-hybridized carbons (Fsp3) is 0.467. The number of fused-ring (bicyclic) bond motifs is 4. The minimum Gasteiger partial charge on any atom is -0.456 e. The number of carbonyl (C=O) groups excluding carboxylic acids is 1. The minimum absolute atomic E-state index is 0.275. The first-order valence-corrected chi connectivity index (χ1v) is 7.28. The van der Waals surface area contributed by atoms with E-state index in [1.54, 1.807) is 6.34 Å². The molecule has 6 nitrogen and oxygen atoms in total. The minimum atomic E-state index is -0.932. The maximum absolute atomic E-state index is 11.4. The molecule has 6 heteroatoms. The van der Waals surface area contributed by atoms with Gasteiger partial charge in [0.2, 0.25) is 0 Å². The Morgan fingerprint density at radius 3 is 2.76 bits per heavy atom. The molecule has 21 heavy (non-hydrogen) atoms. The van der Waals surface area contributed by atoms with Gasteiger partial charge in [-0.2, -0.15) is 0 Å². The zero-order chi connectivity index (χ0) is 14.4. The third-order valence-electron chi connectivity index (χ3n) is 4.49. The van der Waals surface area contributed by atoms with Crippen molar-refractivity contribution in [2.45, 2.75) is 43.9 Å². The highest BCUT2D eigenvalue weighted by Crippen LogP contribution is 2.43. The lowest BCUT2D eigenvalue weighted by atomic mass is 9.76. The molecule has 0 bridgehead atoms. The molecule has 1 spiro atoms. The molecule has 1 unspecified atom stereocenters. The standard InChI is InChI=1S/C15H16N4O2/c16-13(20)14-19-10-5-4-9-11(12(10)21-14)15(18-8-17-9)6-2-1-3-7-15/h4-5,8,14H,1-3,6-7H2,(H2,16,20). The Labute approximate surface area is 121 Å². The summed E-state index contributed by atoms with van der Waals surface area (Å²) in [6, 6.07) is 3.75. The highest BCUT2D eigenvalue weighted by atomic mass is 16.5. The van der Waals surface area contributed by atoms with Gasteiger partial charge in [-0.3, -0.25) is 9.79 Å². The Morgan fingerprint density at radius 1 is 1.24 bits per heavy atom. The second-order valence-corrected chi connectivity index (χ2v) is 5.78. The highest BCUT2D eigenvalue weighted by Gasteiger charge is 2.40. The van der Waals surface area contributed by atoms with Crippen LogP contribution in [-0.4, -0.2) is 18.5 Å². The molecule has 2 N–H and O–H groups in total. The molecule has 1 aliphatic carbocycles. The molecule has 1 aromatic rings. The molecule has 1 aromatic carbocycles. The van der Waals surface area contributed by atoms with Crippen molar-refractivity contribution in [1.82, 2.24) is 0 Å².